The molecule has 106 valence electrons. The molecule has 0 radical (unpaired) electrons. The molecule has 0 atom stereocenters. The molecule has 1 rings (SSSR count). The molecule has 0 aliphatic carbocycles. The molecule has 0 amide bonds. The first kappa shape index (κ1) is 15.7. The van der Waals surface area contributed by atoms with Crippen molar-refractivity contribution in [3.8, 4) is 0 Å². The highest BCUT2D eigenvalue weighted by atomic mass is 35.5. The molecule has 1 aromatic carbocycles. The van der Waals surface area contributed by atoms with Crippen LogP contribution in [0.3, 0.4) is 0 Å². The smallest absolute Gasteiger partial charge is 0.140 e. The zero-order valence-corrected chi connectivity index (χ0v) is 11.9. The van der Waals surface area contributed by atoms with Gasteiger partial charge in [-0.1, -0.05) is 22.8 Å². The highest BCUT2D eigenvalue weighted by molar-refractivity contribution is 6.31. The molecule has 0 aliphatic heterocycles. The van der Waals surface area contributed by atoms with Gasteiger partial charge in [-0.05, 0) is 26.0 Å². The van der Waals surface area contributed by atoms with Crippen LogP contribution in [0.25, 0.3) is 0 Å². The number of amidine groups is 1. The predicted octanol–water partition coefficient (Wildman–Crippen LogP) is 2.83. The fourth-order valence-electron chi connectivity index (χ4n) is 1.71. The number of benzene rings is 1. The molecule has 0 aliphatic rings. The molecule has 0 spiro atoms. The minimum atomic E-state index is -0.318. The van der Waals surface area contributed by atoms with E-state index >= 15 is 0 Å². The maximum Gasteiger partial charge on any atom is 0.140 e. The number of halogens is 2. The van der Waals surface area contributed by atoms with Crippen LogP contribution >= 0.6 is 11.6 Å². The highest BCUT2D eigenvalue weighted by Gasteiger charge is 2.15. The van der Waals surface area contributed by atoms with Crippen LogP contribution in [-0.4, -0.2) is 28.5 Å². The number of nitrogens with zero attached hydrogens (tertiary/aromatic N) is 2. The number of hydrogen-bond donors (Lipinski definition) is 2. The lowest BCUT2D eigenvalue weighted by Crippen LogP contribution is -2.34. The summed E-state index contributed by atoms with van der Waals surface area (Å²) in [7, 11) is 0. The van der Waals surface area contributed by atoms with Crippen LogP contribution in [0.4, 0.5) is 4.39 Å². The Morgan fingerprint density at radius 3 is 2.74 bits per heavy atom. The summed E-state index contributed by atoms with van der Waals surface area (Å²) in [5.41, 5.74) is 5.92. The van der Waals surface area contributed by atoms with E-state index in [1.54, 1.807) is 12.1 Å². The normalized spacial score (nSPS) is 12.4. The van der Waals surface area contributed by atoms with Gasteiger partial charge in [0.2, 0.25) is 0 Å². The molecule has 0 saturated carbocycles. The van der Waals surface area contributed by atoms with Gasteiger partial charge in [0, 0.05) is 36.1 Å². The third-order valence-corrected chi connectivity index (χ3v) is 3.29. The second-order valence-electron chi connectivity index (χ2n) is 4.61. The second-order valence-corrected chi connectivity index (χ2v) is 5.01. The van der Waals surface area contributed by atoms with E-state index in [-0.39, 0.29) is 17.7 Å². The minimum Gasteiger partial charge on any atom is -0.409 e. The lowest BCUT2D eigenvalue weighted by atomic mass is 10.1. The summed E-state index contributed by atoms with van der Waals surface area (Å²) in [5, 5.41) is 11.9. The lowest BCUT2D eigenvalue weighted by Gasteiger charge is -2.26. The lowest BCUT2D eigenvalue weighted by molar-refractivity contribution is 0.215. The summed E-state index contributed by atoms with van der Waals surface area (Å²) in [6.45, 7) is 4.96. The van der Waals surface area contributed by atoms with E-state index in [9.17, 15) is 4.39 Å². The fraction of sp³-hybridized carbons (Fsp3) is 0.462. The van der Waals surface area contributed by atoms with E-state index in [4.69, 9.17) is 22.5 Å². The van der Waals surface area contributed by atoms with Crippen LogP contribution < -0.4 is 5.73 Å². The van der Waals surface area contributed by atoms with Crippen LogP contribution in [0.2, 0.25) is 5.02 Å². The largest absolute Gasteiger partial charge is 0.409 e. The molecule has 0 unspecified atom stereocenters. The van der Waals surface area contributed by atoms with Gasteiger partial charge in [0.05, 0.1) is 0 Å². The molecule has 4 nitrogen and oxygen atoms in total. The SMILES string of the molecule is CC(C)N(CC/C(N)=N/O)Cc1c(F)cccc1Cl. The van der Waals surface area contributed by atoms with Crippen molar-refractivity contribution in [2.75, 3.05) is 6.54 Å². The van der Waals surface area contributed by atoms with Crippen LogP contribution in [0.5, 0.6) is 0 Å². The van der Waals surface area contributed by atoms with E-state index in [0.29, 0.717) is 30.1 Å². The third-order valence-electron chi connectivity index (χ3n) is 2.94. The molecule has 0 heterocycles. The van der Waals surface area contributed by atoms with Gasteiger partial charge in [-0.2, -0.15) is 0 Å². The maximum atomic E-state index is 13.7. The van der Waals surface area contributed by atoms with Crippen LogP contribution in [0.15, 0.2) is 23.4 Å². The molecule has 0 saturated heterocycles. The van der Waals surface area contributed by atoms with Gasteiger partial charge in [-0.25, -0.2) is 4.39 Å². The molecule has 3 N–H and O–H groups in total. The molecule has 1 aromatic rings. The van der Waals surface area contributed by atoms with Crippen molar-refractivity contribution in [1.82, 2.24) is 4.90 Å². The Balaban J connectivity index is 2.79. The van der Waals surface area contributed by atoms with Crippen molar-refractivity contribution < 1.29 is 9.60 Å². The summed E-state index contributed by atoms with van der Waals surface area (Å²) in [5.74, 6) is -0.160. The Kier molecular flexibility index (Phi) is 6.05. The standard InChI is InChI=1S/C13H19ClFN3O/c1-9(2)18(7-6-13(16)17-19)8-10-11(14)4-3-5-12(10)15/h3-5,9,19H,6-8H2,1-2H3,(H2,16,17). The van der Waals surface area contributed by atoms with Gasteiger partial charge in [0.25, 0.3) is 0 Å². The Labute approximate surface area is 117 Å². The third kappa shape index (κ3) is 4.69. The first-order valence-electron chi connectivity index (χ1n) is 6.09. The maximum absolute atomic E-state index is 13.7. The van der Waals surface area contributed by atoms with Gasteiger partial charge in [0.15, 0.2) is 0 Å². The van der Waals surface area contributed by atoms with Crippen molar-refractivity contribution in [1.29, 1.82) is 0 Å². The molecular weight excluding hydrogens is 269 g/mol. The molecule has 0 bridgehead atoms. The summed E-state index contributed by atoms with van der Waals surface area (Å²) >= 11 is 6.01. The Morgan fingerprint density at radius 2 is 2.21 bits per heavy atom. The van der Waals surface area contributed by atoms with Crippen molar-refractivity contribution in [2.24, 2.45) is 10.9 Å². The first-order valence-corrected chi connectivity index (χ1v) is 6.46. The van der Waals surface area contributed by atoms with Gasteiger partial charge >= 0.3 is 0 Å². The van der Waals surface area contributed by atoms with Crippen LogP contribution in [0, 0.1) is 5.82 Å². The Hall–Kier alpha value is -1.33. The van der Waals surface area contributed by atoms with E-state index in [0.717, 1.165) is 0 Å². The highest BCUT2D eigenvalue weighted by Crippen LogP contribution is 2.21. The minimum absolute atomic E-state index is 0.158. The number of oxime groups is 1. The van der Waals surface area contributed by atoms with E-state index in [2.05, 4.69) is 5.16 Å². The predicted molar refractivity (Wildman–Crippen MR) is 75.0 cm³/mol. The topological polar surface area (TPSA) is 61.8 Å². The monoisotopic (exact) mass is 287 g/mol. The molecule has 0 aromatic heterocycles. The fourth-order valence-corrected chi connectivity index (χ4v) is 1.94. The quantitative estimate of drug-likeness (QED) is 0.366. The zero-order valence-electron chi connectivity index (χ0n) is 11.1. The van der Waals surface area contributed by atoms with E-state index < -0.39 is 0 Å². The average molecular weight is 288 g/mol. The average Bonchev–Trinajstić information content (AvgIpc) is 2.36. The van der Waals surface area contributed by atoms with Crippen molar-refractivity contribution in [2.45, 2.75) is 32.9 Å². The summed E-state index contributed by atoms with van der Waals surface area (Å²) in [6.07, 6.45) is 0.417. The van der Waals surface area contributed by atoms with Gasteiger partial charge in [-0.15, -0.1) is 0 Å². The van der Waals surface area contributed by atoms with Gasteiger partial charge in [0.1, 0.15) is 11.7 Å². The number of nitrogens with two attached hydrogens (primary N) is 1. The second kappa shape index (κ2) is 7.31. The summed E-state index contributed by atoms with van der Waals surface area (Å²) in [4.78, 5) is 2.02. The van der Waals surface area contributed by atoms with Crippen molar-refractivity contribution in [3.63, 3.8) is 0 Å². The van der Waals surface area contributed by atoms with Crippen molar-refractivity contribution >= 4 is 17.4 Å². The van der Waals surface area contributed by atoms with Crippen molar-refractivity contribution in [3.05, 3.63) is 34.6 Å². The Bertz CT molecular complexity index is 431. The van der Waals surface area contributed by atoms with E-state index in [1.807, 2.05) is 18.7 Å². The Morgan fingerprint density at radius 1 is 1.53 bits per heavy atom. The van der Waals surface area contributed by atoms with Gasteiger partial charge < -0.3 is 10.9 Å². The van der Waals surface area contributed by atoms with Crippen LogP contribution in [0.1, 0.15) is 25.8 Å². The summed E-state index contributed by atoms with van der Waals surface area (Å²) < 4.78 is 13.7. The zero-order chi connectivity index (χ0) is 14.4. The molecule has 19 heavy (non-hydrogen) atoms. The van der Waals surface area contributed by atoms with E-state index in [1.165, 1.54) is 6.07 Å². The number of rotatable bonds is 6. The first-order chi connectivity index (χ1) is 8.95. The molecule has 6 heteroatoms. The molecule has 0 fully saturated rings. The summed E-state index contributed by atoms with van der Waals surface area (Å²) in [6, 6.07) is 4.84. The van der Waals surface area contributed by atoms with Gasteiger partial charge in [-0.3, -0.25) is 4.90 Å². The van der Waals surface area contributed by atoms with Crippen LogP contribution in [-0.2, 0) is 6.54 Å². The number of hydrogen-bond acceptors (Lipinski definition) is 3. The molecular formula is C13H19ClFN3O.